The Balaban J connectivity index is 1.77. The van der Waals surface area contributed by atoms with Crippen LogP contribution in [0.25, 0.3) is 0 Å². The summed E-state index contributed by atoms with van der Waals surface area (Å²) in [5.41, 5.74) is 2.25. The number of sulfonamides is 1. The van der Waals surface area contributed by atoms with E-state index in [4.69, 9.17) is 16.3 Å². The number of halogens is 1. The van der Waals surface area contributed by atoms with Gasteiger partial charge in [0.05, 0.1) is 23.2 Å². The van der Waals surface area contributed by atoms with Crippen molar-refractivity contribution in [2.24, 2.45) is 0 Å². The van der Waals surface area contributed by atoms with Crippen molar-refractivity contribution in [2.75, 3.05) is 24.0 Å². The van der Waals surface area contributed by atoms with E-state index >= 15 is 0 Å². The van der Waals surface area contributed by atoms with Crippen LogP contribution in [0.5, 0.6) is 0 Å². The summed E-state index contributed by atoms with van der Waals surface area (Å²) in [6, 6.07) is 12.4. The first-order valence-corrected chi connectivity index (χ1v) is 13.0. The van der Waals surface area contributed by atoms with Gasteiger partial charge in [-0.05, 0) is 62.6 Å². The van der Waals surface area contributed by atoms with Gasteiger partial charge in [0.1, 0.15) is 0 Å². The van der Waals surface area contributed by atoms with Crippen molar-refractivity contribution in [3.8, 4) is 0 Å². The quantitative estimate of drug-likeness (QED) is 0.381. The van der Waals surface area contributed by atoms with Crippen LogP contribution in [-0.2, 0) is 19.6 Å². The Morgan fingerprint density at radius 2 is 1.81 bits per heavy atom. The zero-order chi connectivity index (χ0) is 23.1. The normalized spacial score (nSPS) is 16.7. The van der Waals surface area contributed by atoms with Crippen LogP contribution in [0.4, 0.5) is 5.69 Å². The van der Waals surface area contributed by atoms with Crippen molar-refractivity contribution in [1.82, 2.24) is 5.32 Å². The average molecular weight is 479 g/mol. The third-order valence-corrected chi connectivity index (χ3v) is 7.82. The number of anilines is 1. The third kappa shape index (κ3) is 5.45. The number of benzene rings is 2. The molecule has 1 N–H and O–H groups in total. The summed E-state index contributed by atoms with van der Waals surface area (Å²) >= 11 is 6.25. The van der Waals surface area contributed by atoms with Gasteiger partial charge in [-0.15, -0.1) is 0 Å². The Morgan fingerprint density at radius 3 is 2.56 bits per heavy atom. The van der Waals surface area contributed by atoms with Crippen molar-refractivity contribution >= 4 is 33.3 Å². The van der Waals surface area contributed by atoms with Crippen LogP contribution in [0, 0.1) is 0 Å². The summed E-state index contributed by atoms with van der Waals surface area (Å²) in [5.74, 6) is -0.141. The molecule has 8 heteroatoms. The van der Waals surface area contributed by atoms with Crippen LogP contribution in [-0.4, -0.2) is 34.1 Å². The van der Waals surface area contributed by atoms with Crippen LogP contribution in [0.1, 0.15) is 63.1 Å². The Labute approximate surface area is 196 Å². The number of nitrogens with zero attached hydrogens (tertiary/aromatic N) is 1. The monoisotopic (exact) mass is 478 g/mol. The topological polar surface area (TPSA) is 75.7 Å². The molecular formula is C24H31ClN2O4S. The molecule has 1 aliphatic heterocycles. The molecular weight excluding hydrogens is 448 g/mol. The van der Waals surface area contributed by atoms with E-state index < -0.39 is 10.0 Å². The summed E-state index contributed by atoms with van der Waals surface area (Å²) in [4.78, 5) is 11.8. The van der Waals surface area contributed by atoms with Gasteiger partial charge in [0.2, 0.25) is 0 Å². The number of nitrogens with one attached hydrogen (secondary N) is 1. The van der Waals surface area contributed by atoms with Crippen LogP contribution in [0.15, 0.2) is 47.4 Å². The summed E-state index contributed by atoms with van der Waals surface area (Å²) in [6.45, 7) is 5.11. The Kier molecular flexibility index (Phi) is 8.57. The van der Waals surface area contributed by atoms with Gasteiger partial charge in [0.25, 0.3) is 10.0 Å². The first-order valence-electron chi connectivity index (χ1n) is 11.2. The Morgan fingerprint density at radius 1 is 1.06 bits per heavy atom. The zero-order valence-corrected chi connectivity index (χ0v) is 20.2. The number of carbonyl (C=O) groups is 1. The van der Waals surface area contributed by atoms with Gasteiger partial charge >= 0.3 is 5.97 Å². The van der Waals surface area contributed by atoms with Crippen LogP contribution < -0.4 is 9.62 Å². The summed E-state index contributed by atoms with van der Waals surface area (Å²) in [6.07, 6.45) is 4.13. The van der Waals surface area contributed by atoms with E-state index in [0.717, 1.165) is 43.4 Å². The average Bonchev–Trinajstić information content (AvgIpc) is 2.84. The van der Waals surface area contributed by atoms with Crippen molar-refractivity contribution < 1.29 is 17.9 Å². The van der Waals surface area contributed by atoms with Gasteiger partial charge in [-0.25, -0.2) is 8.42 Å². The highest BCUT2D eigenvalue weighted by Crippen LogP contribution is 2.41. The van der Waals surface area contributed by atoms with Gasteiger partial charge in [-0.3, -0.25) is 9.10 Å². The summed E-state index contributed by atoms with van der Waals surface area (Å²) in [5, 5.41) is 4.07. The molecule has 3 rings (SSSR count). The summed E-state index contributed by atoms with van der Waals surface area (Å²) in [7, 11) is -3.70. The van der Waals surface area contributed by atoms with Crippen molar-refractivity contribution in [2.45, 2.75) is 56.9 Å². The number of fused-ring (bicyclic) bond motifs is 2. The number of rotatable bonds is 10. The molecule has 1 atom stereocenters. The first-order chi connectivity index (χ1) is 15.4. The molecule has 1 heterocycles. The molecule has 174 valence electrons. The van der Waals surface area contributed by atoms with Gasteiger partial charge in [-0.2, -0.15) is 0 Å². The largest absolute Gasteiger partial charge is 0.466 e. The molecule has 0 saturated carbocycles. The smallest absolute Gasteiger partial charge is 0.305 e. The number of hydrogen-bond donors (Lipinski definition) is 1. The molecule has 2 aromatic carbocycles. The second-order valence-electron chi connectivity index (χ2n) is 7.77. The lowest BCUT2D eigenvalue weighted by molar-refractivity contribution is -0.143. The van der Waals surface area contributed by atoms with Crippen LogP contribution >= 0.6 is 11.6 Å². The lowest BCUT2D eigenvalue weighted by Gasteiger charge is -2.24. The molecule has 1 unspecified atom stereocenters. The molecule has 0 aromatic heterocycles. The molecule has 0 saturated heterocycles. The predicted molar refractivity (Wildman–Crippen MR) is 128 cm³/mol. The highest BCUT2D eigenvalue weighted by molar-refractivity contribution is 7.93. The number of esters is 1. The molecule has 0 bridgehead atoms. The van der Waals surface area contributed by atoms with Gasteiger partial charge < -0.3 is 10.1 Å². The zero-order valence-electron chi connectivity index (χ0n) is 18.6. The van der Waals surface area contributed by atoms with E-state index in [1.54, 1.807) is 24.3 Å². The lowest BCUT2D eigenvalue weighted by atomic mass is 9.96. The second-order valence-corrected chi connectivity index (χ2v) is 10.0. The molecule has 32 heavy (non-hydrogen) atoms. The fraction of sp³-hybridized carbons (Fsp3) is 0.458. The molecule has 1 aliphatic rings. The highest BCUT2D eigenvalue weighted by Gasteiger charge is 2.35. The maximum Gasteiger partial charge on any atom is 0.305 e. The van der Waals surface area contributed by atoms with E-state index in [9.17, 15) is 13.2 Å². The number of carbonyl (C=O) groups excluding carboxylic acids is 1. The highest BCUT2D eigenvalue weighted by atomic mass is 35.5. The maximum atomic E-state index is 13.4. The van der Waals surface area contributed by atoms with Crippen LogP contribution in [0.2, 0.25) is 5.02 Å². The van der Waals surface area contributed by atoms with E-state index in [0.29, 0.717) is 35.2 Å². The minimum atomic E-state index is -3.70. The lowest BCUT2D eigenvalue weighted by Crippen LogP contribution is -2.30. The standard InChI is InChI=1S/C24H31ClN2O4S/c1-3-27-21-17-18(25)14-15-19(21)24(20-11-8-9-12-22(20)32(27,29)30)26-16-10-6-5-7-13-23(28)31-4-2/h8-9,11-12,14-15,17,24,26H,3-7,10,13,16H2,1-2H3. The van der Waals surface area contributed by atoms with Crippen molar-refractivity contribution in [3.05, 3.63) is 58.6 Å². The van der Waals surface area contributed by atoms with E-state index in [-0.39, 0.29) is 12.0 Å². The van der Waals surface area contributed by atoms with Crippen molar-refractivity contribution in [3.63, 3.8) is 0 Å². The fourth-order valence-electron chi connectivity index (χ4n) is 4.13. The minimum Gasteiger partial charge on any atom is -0.466 e. The first kappa shape index (κ1) is 24.6. The van der Waals surface area contributed by atoms with Crippen molar-refractivity contribution in [1.29, 1.82) is 0 Å². The van der Waals surface area contributed by atoms with E-state index in [1.165, 1.54) is 4.31 Å². The number of ether oxygens (including phenoxy) is 1. The molecule has 0 radical (unpaired) electrons. The predicted octanol–water partition coefficient (Wildman–Crippen LogP) is 5.06. The Bertz CT molecular complexity index is 1040. The van der Waals surface area contributed by atoms with E-state index in [2.05, 4.69) is 5.32 Å². The van der Waals surface area contributed by atoms with Gasteiger partial charge in [0, 0.05) is 18.0 Å². The van der Waals surface area contributed by atoms with Gasteiger partial charge in [0.15, 0.2) is 0 Å². The fourth-order valence-corrected chi connectivity index (χ4v) is 6.03. The number of unbranched alkanes of at least 4 members (excludes halogenated alkanes) is 3. The molecule has 6 nitrogen and oxygen atoms in total. The molecule has 0 fully saturated rings. The number of hydrogen-bond acceptors (Lipinski definition) is 5. The Hall–Kier alpha value is -2.09. The molecule has 0 spiro atoms. The molecule has 2 aromatic rings. The van der Waals surface area contributed by atoms with E-state index in [1.807, 2.05) is 32.0 Å². The SMILES string of the molecule is CCOC(=O)CCCCCCNC1c2ccc(Cl)cc2N(CC)S(=O)(=O)c2ccccc21. The minimum absolute atomic E-state index is 0.141. The summed E-state index contributed by atoms with van der Waals surface area (Å²) < 4.78 is 33.3. The molecule has 0 aliphatic carbocycles. The second kappa shape index (κ2) is 11.2. The maximum absolute atomic E-state index is 13.4. The van der Waals surface area contributed by atoms with Crippen LogP contribution in [0.3, 0.4) is 0 Å². The van der Waals surface area contributed by atoms with Gasteiger partial charge in [-0.1, -0.05) is 48.7 Å². The third-order valence-electron chi connectivity index (χ3n) is 5.62. The molecule has 0 amide bonds.